The van der Waals surface area contributed by atoms with Crippen molar-refractivity contribution >= 4 is 17.2 Å². The highest BCUT2D eigenvalue weighted by Crippen LogP contribution is 2.18. The molecule has 17 heavy (non-hydrogen) atoms. The van der Waals surface area contributed by atoms with Crippen molar-refractivity contribution in [2.24, 2.45) is 4.99 Å². The van der Waals surface area contributed by atoms with Crippen LogP contribution < -0.4 is 0 Å². The second kappa shape index (κ2) is 4.72. The summed E-state index contributed by atoms with van der Waals surface area (Å²) >= 11 is 1.76. The van der Waals surface area contributed by atoms with Gasteiger partial charge in [0.15, 0.2) is 0 Å². The van der Waals surface area contributed by atoms with Gasteiger partial charge in [0.05, 0.1) is 11.4 Å². The van der Waals surface area contributed by atoms with Gasteiger partial charge in [0.2, 0.25) is 0 Å². The van der Waals surface area contributed by atoms with Crippen LogP contribution in [0.15, 0.2) is 52.8 Å². The minimum Gasteiger partial charge on any atom is -0.350 e. The van der Waals surface area contributed by atoms with Crippen LogP contribution in [0.2, 0.25) is 0 Å². The van der Waals surface area contributed by atoms with E-state index in [-0.39, 0.29) is 0 Å². The third-order valence-electron chi connectivity index (χ3n) is 2.89. The van der Waals surface area contributed by atoms with Crippen LogP contribution in [0.4, 0.5) is 0 Å². The van der Waals surface area contributed by atoms with Crippen molar-refractivity contribution in [3.05, 3.63) is 58.3 Å². The minimum absolute atomic E-state index is 0.917. The maximum atomic E-state index is 4.61. The maximum Gasteiger partial charge on any atom is 0.141 e. The maximum absolute atomic E-state index is 4.61. The summed E-state index contributed by atoms with van der Waals surface area (Å²) in [4.78, 5) is 8.25. The minimum atomic E-state index is 0.917. The molecule has 1 aliphatic heterocycles. The monoisotopic (exact) mass is 242 g/mol. The Morgan fingerprint density at radius 1 is 1.12 bits per heavy atom. The topological polar surface area (TPSA) is 15.6 Å². The molecule has 86 valence electrons. The highest BCUT2D eigenvalue weighted by molar-refractivity contribution is 7.12. The second-order valence-electron chi connectivity index (χ2n) is 4.09. The quantitative estimate of drug-likeness (QED) is 0.808. The van der Waals surface area contributed by atoms with Crippen molar-refractivity contribution in [3.8, 4) is 0 Å². The molecule has 0 unspecified atom stereocenters. The Morgan fingerprint density at radius 2 is 2.00 bits per heavy atom. The van der Waals surface area contributed by atoms with Crippen molar-refractivity contribution in [1.29, 1.82) is 0 Å². The number of hydrogen-bond donors (Lipinski definition) is 0. The average molecular weight is 242 g/mol. The first-order valence-electron chi connectivity index (χ1n) is 5.81. The van der Waals surface area contributed by atoms with Gasteiger partial charge >= 0.3 is 0 Å². The SMILES string of the molecule is c1ccc(CN2CCN=C2c2cccs2)cc1. The van der Waals surface area contributed by atoms with Crippen molar-refractivity contribution in [3.63, 3.8) is 0 Å². The molecule has 0 atom stereocenters. The molecule has 1 aromatic carbocycles. The van der Waals surface area contributed by atoms with Crippen LogP contribution in [0, 0.1) is 0 Å². The van der Waals surface area contributed by atoms with Gasteiger partial charge in [-0.05, 0) is 17.0 Å². The first-order valence-corrected chi connectivity index (χ1v) is 6.68. The molecule has 1 aromatic heterocycles. The van der Waals surface area contributed by atoms with Gasteiger partial charge in [0, 0.05) is 13.1 Å². The Hall–Kier alpha value is -1.61. The van der Waals surface area contributed by atoms with Gasteiger partial charge in [-0.25, -0.2) is 0 Å². The summed E-state index contributed by atoms with van der Waals surface area (Å²) < 4.78 is 0. The number of thiophene rings is 1. The van der Waals surface area contributed by atoms with Crippen molar-refractivity contribution in [2.75, 3.05) is 13.1 Å². The van der Waals surface area contributed by atoms with Gasteiger partial charge in [-0.1, -0.05) is 36.4 Å². The predicted octanol–water partition coefficient (Wildman–Crippen LogP) is 3.01. The summed E-state index contributed by atoms with van der Waals surface area (Å²) in [5, 5.41) is 2.11. The molecule has 0 fully saturated rings. The van der Waals surface area contributed by atoms with E-state index in [2.05, 4.69) is 57.7 Å². The van der Waals surface area contributed by atoms with Crippen LogP contribution in [0.5, 0.6) is 0 Å². The van der Waals surface area contributed by atoms with Crippen LogP contribution in [-0.2, 0) is 6.54 Å². The second-order valence-corrected chi connectivity index (χ2v) is 5.04. The molecule has 0 saturated carbocycles. The Bertz CT molecular complexity index is 502. The molecule has 3 rings (SSSR count). The molecule has 1 aliphatic rings. The fourth-order valence-corrected chi connectivity index (χ4v) is 2.84. The van der Waals surface area contributed by atoms with E-state index in [1.54, 1.807) is 11.3 Å². The zero-order chi connectivity index (χ0) is 11.5. The Labute approximate surface area is 105 Å². The third-order valence-corrected chi connectivity index (χ3v) is 3.75. The number of amidine groups is 1. The Morgan fingerprint density at radius 3 is 2.76 bits per heavy atom. The Kier molecular flexibility index (Phi) is 2.92. The summed E-state index contributed by atoms with van der Waals surface area (Å²) in [6.07, 6.45) is 0. The molecule has 2 heterocycles. The molecule has 3 heteroatoms. The fourth-order valence-electron chi connectivity index (χ4n) is 2.08. The molecule has 0 saturated heterocycles. The molecular formula is C14H14N2S. The van der Waals surface area contributed by atoms with Crippen LogP contribution in [-0.4, -0.2) is 23.8 Å². The van der Waals surface area contributed by atoms with Gasteiger partial charge < -0.3 is 4.90 Å². The molecular weight excluding hydrogens is 228 g/mol. The molecule has 0 bridgehead atoms. The molecule has 0 spiro atoms. The van der Waals surface area contributed by atoms with E-state index in [1.807, 2.05) is 0 Å². The van der Waals surface area contributed by atoms with E-state index < -0.39 is 0 Å². The summed E-state index contributed by atoms with van der Waals surface area (Å²) in [7, 11) is 0. The number of benzene rings is 1. The van der Waals surface area contributed by atoms with Gasteiger partial charge in [0.1, 0.15) is 5.84 Å². The summed E-state index contributed by atoms with van der Waals surface area (Å²) in [6, 6.07) is 14.8. The van der Waals surface area contributed by atoms with Crippen LogP contribution >= 0.6 is 11.3 Å². The standard InChI is InChI=1S/C14H14N2S/c1-2-5-12(6-3-1)11-16-9-8-15-14(16)13-7-4-10-17-13/h1-7,10H,8-9,11H2. The zero-order valence-corrected chi connectivity index (χ0v) is 10.4. The largest absolute Gasteiger partial charge is 0.350 e. The zero-order valence-electron chi connectivity index (χ0n) is 9.54. The summed E-state index contributed by atoms with van der Waals surface area (Å²) in [6.45, 7) is 2.90. The smallest absolute Gasteiger partial charge is 0.141 e. The molecule has 0 aliphatic carbocycles. The number of hydrogen-bond acceptors (Lipinski definition) is 3. The number of aliphatic imine (C=N–C) groups is 1. The number of rotatable bonds is 3. The first-order chi connectivity index (χ1) is 8.43. The Balaban J connectivity index is 1.79. The van der Waals surface area contributed by atoms with E-state index in [4.69, 9.17) is 0 Å². The molecule has 0 N–H and O–H groups in total. The molecule has 2 nitrogen and oxygen atoms in total. The van der Waals surface area contributed by atoms with E-state index in [0.29, 0.717) is 0 Å². The fraction of sp³-hybridized carbons (Fsp3) is 0.214. The van der Waals surface area contributed by atoms with Crippen LogP contribution in [0.25, 0.3) is 0 Å². The molecule has 0 amide bonds. The van der Waals surface area contributed by atoms with Gasteiger partial charge in [-0.2, -0.15) is 0 Å². The number of nitrogens with zero attached hydrogens (tertiary/aromatic N) is 2. The van der Waals surface area contributed by atoms with E-state index in [1.165, 1.54) is 10.4 Å². The van der Waals surface area contributed by atoms with Crippen molar-refractivity contribution < 1.29 is 0 Å². The van der Waals surface area contributed by atoms with Crippen LogP contribution in [0.1, 0.15) is 10.4 Å². The lowest BCUT2D eigenvalue weighted by Gasteiger charge is -2.19. The van der Waals surface area contributed by atoms with Crippen molar-refractivity contribution in [2.45, 2.75) is 6.54 Å². The van der Waals surface area contributed by atoms with E-state index in [9.17, 15) is 0 Å². The van der Waals surface area contributed by atoms with Gasteiger partial charge in [0.25, 0.3) is 0 Å². The highest BCUT2D eigenvalue weighted by atomic mass is 32.1. The lowest BCUT2D eigenvalue weighted by molar-refractivity contribution is 0.453. The highest BCUT2D eigenvalue weighted by Gasteiger charge is 2.19. The normalized spacial score (nSPS) is 15.1. The molecule has 2 aromatic rings. The molecule has 0 radical (unpaired) electrons. The van der Waals surface area contributed by atoms with E-state index in [0.717, 1.165) is 25.5 Å². The third kappa shape index (κ3) is 2.24. The summed E-state index contributed by atoms with van der Waals surface area (Å²) in [5.74, 6) is 1.16. The van der Waals surface area contributed by atoms with Crippen LogP contribution in [0.3, 0.4) is 0 Å². The van der Waals surface area contributed by atoms with E-state index >= 15 is 0 Å². The average Bonchev–Trinajstić information content (AvgIpc) is 3.00. The van der Waals surface area contributed by atoms with Crippen molar-refractivity contribution in [1.82, 2.24) is 4.90 Å². The van der Waals surface area contributed by atoms with Gasteiger partial charge in [-0.3, -0.25) is 4.99 Å². The predicted molar refractivity (Wildman–Crippen MR) is 72.6 cm³/mol. The first kappa shape index (κ1) is 10.5. The van der Waals surface area contributed by atoms with Gasteiger partial charge in [-0.15, -0.1) is 11.3 Å². The lowest BCUT2D eigenvalue weighted by atomic mass is 10.2. The lowest BCUT2D eigenvalue weighted by Crippen LogP contribution is -2.27. The summed E-state index contributed by atoms with van der Waals surface area (Å²) in [5.41, 5.74) is 1.35.